The molecule has 0 aliphatic heterocycles. The van der Waals surface area contributed by atoms with Crippen LogP contribution in [0.1, 0.15) is 39.9 Å². The Labute approximate surface area is 204 Å². The fourth-order valence-electron chi connectivity index (χ4n) is 3.59. The maximum Gasteiger partial charge on any atom is 0.260 e. The molecule has 1 aromatic carbocycles. The van der Waals surface area contributed by atoms with Gasteiger partial charge in [0.1, 0.15) is 10.7 Å². The molecule has 2 aromatic heterocycles. The summed E-state index contributed by atoms with van der Waals surface area (Å²) in [6, 6.07) is 7.46. The molecule has 33 heavy (non-hydrogen) atoms. The summed E-state index contributed by atoms with van der Waals surface area (Å²) in [5.41, 5.74) is 1.65. The van der Waals surface area contributed by atoms with Gasteiger partial charge in [0.05, 0.1) is 24.6 Å². The number of aliphatic hydroxyl groups excluding tert-OH is 1. The van der Waals surface area contributed by atoms with E-state index in [0.29, 0.717) is 59.2 Å². The molecule has 180 valence electrons. The summed E-state index contributed by atoms with van der Waals surface area (Å²) in [7, 11) is 0. The number of nitrogens with zero attached hydrogens (tertiary/aromatic N) is 2. The Morgan fingerprint density at radius 3 is 2.55 bits per heavy atom. The molecule has 0 amide bonds. The van der Waals surface area contributed by atoms with Crippen molar-refractivity contribution in [2.45, 2.75) is 46.8 Å². The van der Waals surface area contributed by atoms with E-state index in [-0.39, 0.29) is 5.56 Å². The molecule has 1 atom stereocenters. The van der Waals surface area contributed by atoms with Crippen LogP contribution >= 0.6 is 22.9 Å². The van der Waals surface area contributed by atoms with Crippen LogP contribution in [-0.4, -0.2) is 52.4 Å². The molecule has 0 aliphatic rings. The summed E-state index contributed by atoms with van der Waals surface area (Å²) in [5.74, 6) is 1.57. The highest BCUT2D eigenvalue weighted by atomic mass is 35.5. The van der Waals surface area contributed by atoms with Gasteiger partial charge in [0.15, 0.2) is 0 Å². The number of aliphatic hydroxyl groups is 1. The van der Waals surface area contributed by atoms with Gasteiger partial charge in [-0.05, 0) is 42.5 Å². The van der Waals surface area contributed by atoms with Crippen molar-refractivity contribution in [2.75, 3.05) is 26.3 Å². The number of ether oxygens (including phenoxy) is 1. The van der Waals surface area contributed by atoms with Crippen molar-refractivity contribution in [1.29, 1.82) is 0 Å². The number of fused-ring (bicyclic) bond motifs is 1. The van der Waals surface area contributed by atoms with Gasteiger partial charge < -0.3 is 14.8 Å². The fraction of sp³-hybridized carbons (Fsp3) is 0.520. The van der Waals surface area contributed by atoms with Crippen LogP contribution in [0.2, 0.25) is 5.02 Å². The molecule has 3 rings (SSSR count). The molecular weight excluding hydrogens is 458 g/mol. The predicted octanol–water partition coefficient (Wildman–Crippen LogP) is 5.19. The van der Waals surface area contributed by atoms with Crippen LogP contribution in [0.25, 0.3) is 21.3 Å². The summed E-state index contributed by atoms with van der Waals surface area (Å²) in [6.45, 7) is 11.2. The number of aromatic amines is 1. The average Bonchev–Trinajstić information content (AvgIpc) is 3.17. The lowest BCUT2D eigenvalue weighted by Crippen LogP contribution is -2.36. The first-order valence-electron chi connectivity index (χ1n) is 11.5. The van der Waals surface area contributed by atoms with E-state index in [0.717, 1.165) is 24.1 Å². The van der Waals surface area contributed by atoms with Gasteiger partial charge in [0, 0.05) is 29.1 Å². The predicted molar refractivity (Wildman–Crippen MR) is 137 cm³/mol. The Morgan fingerprint density at radius 1 is 1.15 bits per heavy atom. The number of benzene rings is 1. The normalized spacial score (nSPS) is 13.0. The van der Waals surface area contributed by atoms with Gasteiger partial charge in [0.2, 0.25) is 0 Å². The zero-order valence-electron chi connectivity index (χ0n) is 19.8. The minimum Gasteiger partial charge on any atom is -0.389 e. The number of H-pyrrole nitrogens is 1. The van der Waals surface area contributed by atoms with E-state index in [1.54, 1.807) is 0 Å². The highest BCUT2D eigenvalue weighted by molar-refractivity contribution is 7.17. The molecule has 0 aliphatic carbocycles. The molecule has 8 heteroatoms. The Morgan fingerprint density at radius 2 is 1.88 bits per heavy atom. The van der Waals surface area contributed by atoms with Gasteiger partial charge in [-0.1, -0.05) is 51.4 Å². The van der Waals surface area contributed by atoms with Gasteiger partial charge in [0.25, 0.3) is 5.56 Å². The number of rotatable bonds is 12. The van der Waals surface area contributed by atoms with Crippen LogP contribution in [0.15, 0.2) is 34.4 Å². The monoisotopic (exact) mass is 491 g/mol. The third-order valence-corrected chi connectivity index (χ3v) is 6.40. The van der Waals surface area contributed by atoms with Crippen LogP contribution in [0.3, 0.4) is 0 Å². The Kier molecular flexibility index (Phi) is 9.47. The summed E-state index contributed by atoms with van der Waals surface area (Å²) in [5, 5.41) is 13.7. The van der Waals surface area contributed by atoms with Gasteiger partial charge in [-0.3, -0.25) is 9.69 Å². The minimum atomic E-state index is -0.593. The van der Waals surface area contributed by atoms with Crippen molar-refractivity contribution in [3.05, 3.63) is 50.8 Å². The third-order valence-electron chi connectivity index (χ3n) is 5.27. The molecule has 0 bridgehead atoms. The van der Waals surface area contributed by atoms with E-state index in [1.807, 2.05) is 29.6 Å². The van der Waals surface area contributed by atoms with Crippen LogP contribution in [0.5, 0.6) is 0 Å². The number of aromatic nitrogens is 2. The molecular formula is C25H34ClN3O3S. The SMILES string of the molecule is CC(C)CCN(Cc1nc2scc(-c3ccc(Cl)cc3)c2c(=O)[nH]1)C[C@@H](O)COCC(C)C. The second kappa shape index (κ2) is 12.1. The number of hydrogen-bond acceptors (Lipinski definition) is 6. The molecule has 2 N–H and O–H groups in total. The summed E-state index contributed by atoms with van der Waals surface area (Å²) in [4.78, 5) is 23.6. The lowest BCUT2D eigenvalue weighted by molar-refractivity contribution is 0.00592. The van der Waals surface area contributed by atoms with Gasteiger partial charge >= 0.3 is 0 Å². The van der Waals surface area contributed by atoms with Gasteiger partial charge in [-0.2, -0.15) is 0 Å². The lowest BCUT2D eigenvalue weighted by atomic mass is 10.1. The largest absolute Gasteiger partial charge is 0.389 e. The van der Waals surface area contributed by atoms with E-state index in [4.69, 9.17) is 21.3 Å². The average molecular weight is 492 g/mol. The van der Waals surface area contributed by atoms with Crippen LogP contribution in [0.4, 0.5) is 0 Å². The van der Waals surface area contributed by atoms with Crippen molar-refractivity contribution in [3.63, 3.8) is 0 Å². The van der Waals surface area contributed by atoms with Crippen LogP contribution in [-0.2, 0) is 11.3 Å². The van der Waals surface area contributed by atoms with Crippen LogP contribution < -0.4 is 5.56 Å². The summed E-state index contributed by atoms with van der Waals surface area (Å²) >= 11 is 7.47. The number of nitrogens with one attached hydrogen (secondary N) is 1. The van der Waals surface area contributed by atoms with Crippen molar-refractivity contribution < 1.29 is 9.84 Å². The second-order valence-corrected chi connectivity index (χ2v) is 10.6. The maximum absolute atomic E-state index is 13.0. The first-order chi connectivity index (χ1) is 15.7. The van der Waals surface area contributed by atoms with Crippen molar-refractivity contribution in [1.82, 2.24) is 14.9 Å². The Hall–Kier alpha value is -1.77. The van der Waals surface area contributed by atoms with E-state index >= 15 is 0 Å². The summed E-state index contributed by atoms with van der Waals surface area (Å²) in [6.07, 6.45) is 0.399. The molecule has 3 aromatic rings. The minimum absolute atomic E-state index is 0.147. The molecule has 6 nitrogen and oxygen atoms in total. The van der Waals surface area contributed by atoms with E-state index in [1.165, 1.54) is 11.3 Å². The fourth-order valence-corrected chi connectivity index (χ4v) is 4.68. The van der Waals surface area contributed by atoms with E-state index < -0.39 is 6.10 Å². The zero-order chi connectivity index (χ0) is 24.0. The Bertz CT molecular complexity index is 1080. The van der Waals surface area contributed by atoms with E-state index in [2.05, 4.69) is 37.6 Å². The Balaban J connectivity index is 1.77. The molecule has 0 fully saturated rings. The van der Waals surface area contributed by atoms with Gasteiger partial charge in [-0.25, -0.2) is 4.98 Å². The summed E-state index contributed by atoms with van der Waals surface area (Å²) < 4.78 is 5.61. The molecule has 0 spiro atoms. The highest BCUT2D eigenvalue weighted by Gasteiger charge is 2.17. The number of hydrogen-bond donors (Lipinski definition) is 2. The third kappa shape index (κ3) is 7.62. The van der Waals surface area contributed by atoms with Crippen molar-refractivity contribution >= 4 is 33.2 Å². The topological polar surface area (TPSA) is 78.5 Å². The smallest absolute Gasteiger partial charge is 0.260 e. The van der Waals surface area contributed by atoms with Gasteiger partial charge in [-0.15, -0.1) is 11.3 Å². The first-order valence-corrected chi connectivity index (χ1v) is 12.7. The standard InChI is InChI=1S/C25H34ClN3O3S/c1-16(2)9-10-29(11-20(30)14-32-13-17(3)4)12-22-27-24(31)23-21(15-33-25(23)28-22)18-5-7-19(26)8-6-18/h5-8,15-17,20,30H,9-14H2,1-4H3,(H,27,28,31)/t20-/m1/s1. The number of thiophene rings is 1. The molecule has 0 radical (unpaired) electrons. The maximum atomic E-state index is 13.0. The first kappa shape index (κ1) is 25.8. The lowest BCUT2D eigenvalue weighted by Gasteiger charge is -2.25. The van der Waals surface area contributed by atoms with Crippen molar-refractivity contribution in [2.24, 2.45) is 11.8 Å². The molecule has 0 unspecified atom stereocenters. The second-order valence-electron chi connectivity index (χ2n) is 9.35. The van der Waals surface area contributed by atoms with Crippen molar-refractivity contribution in [3.8, 4) is 11.1 Å². The van der Waals surface area contributed by atoms with Crippen LogP contribution in [0, 0.1) is 11.8 Å². The molecule has 2 heterocycles. The van der Waals surface area contributed by atoms with E-state index in [9.17, 15) is 9.90 Å². The number of halogens is 1. The highest BCUT2D eigenvalue weighted by Crippen LogP contribution is 2.31. The molecule has 0 saturated heterocycles. The zero-order valence-corrected chi connectivity index (χ0v) is 21.4. The quantitative estimate of drug-likeness (QED) is 0.364. The molecule has 0 saturated carbocycles.